The van der Waals surface area contributed by atoms with Crippen LogP contribution in [-0.4, -0.2) is 29.8 Å². The molecule has 0 aromatic rings. The van der Waals surface area contributed by atoms with Gasteiger partial charge in [-0.3, -0.25) is 4.79 Å². The van der Waals surface area contributed by atoms with E-state index in [2.05, 4.69) is 0 Å². The zero-order chi connectivity index (χ0) is 10.7. The Morgan fingerprint density at radius 3 is 2.50 bits per heavy atom. The van der Waals surface area contributed by atoms with Gasteiger partial charge in [-0.1, -0.05) is 6.92 Å². The first kappa shape index (κ1) is 11.8. The molecule has 1 fully saturated rings. The summed E-state index contributed by atoms with van der Waals surface area (Å²) in [5.74, 6) is 1.15. The van der Waals surface area contributed by atoms with Crippen molar-refractivity contribution in [2.75, 3.05) is 13.6 Å². The lowest BCUT2D eigenvalue weighted by Gasteiger charge is -2.21. The molecule has 1 rings (SSSR count). The largest absolute Gasteiger partial charge is 0.345 e. The van der Waals surface area contributed by atoms with Crippen LogP contribution in [0.3, 0.4) is 0 Å². The summed E-state index contributed by atoms with van der Waals surface area (Å²) in [7, 11) is 1.88. The number of hydrogen-bond donors (Lipinski definition) is 0. The van der Waals surface area contributed by atoms with E-state index in [1.54, 1.807) is 0 Å². The van der Waals surface area contributed by atoms with Crippen LogP contribution in [0.5, 0.6) is 0 Å². The molecule has 2 unspecified atom stereocenters. The molecule has 3 heteroatoms. The van der Waals surface area contributed by atoms with Gasteiger partial charge in [-0.25, -0.2) is 0 Å². The van der Waals surface area contributed by atoms with Crippen LogP contribution in [0, 0.1) is 11.8 Å². The van der Waals surface area contributed by atoms with E-state index in [1.807, 2.05) is 25.8 Å². The van der Waals surface area contributed by atoms with Crippen LogP contribution < -0.4 is 0 Å². The van der Waals surface area contributed by atoms with Crippen LogP contribution >= 0.6 is 11.6 Å². The zero-order valence-corrected chi connectivity index (χ0v) is 10.0. The van der Waals surface area contributed by atoms with Gasteiger partial charge < -0.3 is 4.90 Å². The van der Waals surface area contributed by atoms with Crippen molar-refractivity contribution in [3.05, 3.63) is 0 Å². The van der Waals surface area contributed by atoms with Crippen molar-refractivity contribution < 1.29 is 4.79 Å². The highest BCUT2D eigenvalue weighted by Crippen LogP contribution is 2.37. The Bertz CT molecular complexity index is 201. The van der Waals surface area contributed by atoms with Crippen LogP contribution in [0.15, 0.2) is 0 Å². The van der Waals surface area contributed by atoms with Gasteiger partial charge in [-0.2, -0.15) is 0 Å². The van der Waals surface area contributed by atoms with E-state index in [9.17, 15) is 4.79 Å². The van der Waals surface area contributed by atoms with E-state index < -0.39 is 0 Å². The van der Waals surface area contributed by atoms with Gasteiger partial charge in [0.05, 0.1) is 0 Å². The number of rotatable bonds is 5. The van der Waals surface area contributed by atoms with Crippen molar-refractivity contribution in [2.24, 2.45) is 11.8 Å². The van der Waals surface area contributed by atoms with E-state index in [0.29, 0.717) is 5.92 Å². The van der Waals surface area contributed by atoms with Crippen LogP contribution in [0.1, 0.15) is 33.1 Å². The maximum atomic E-state index is 11.8. The predicted octanol–water partition coefficient (Wildman–Crippen LogP) is 2.51. The average Bonchev–Trinajstić information content (AvgIpc) is 2.94. The standard InChI is InChI=1S/C11H20ClNO/c1-8(12)6-7-13(3)11(14)9(2)10-4-5-10/h8-10H,4-7H2,1-3H3. The molecule has 14 heavy (non-hydrogen) atoms. The third kappa shape index (κ3) is 3.49. The van der Waals surface area contributed by atoms with E-state index in [1.165, 1.54) is 12.8 Å². The summed E-state index contributed by atoms with van der Waals surface area (Å²) in [6.07, 6.45) is 3.33. The monoisotopic (exact) mass is 217 g/mol. The van der Waals surface area contributed by atoms with Crippen molar-refractivity contribution in [2.45, 2.75) is 38.5 Å². The normalized spacial score (nSPS) is 20.3. The Hall–Kier alpha value is -0.240. The molecule has 1 aliphatic rings. The summed E-state index contributed by atoms with van der Waals surface area (Å²) in [4.78, 5) is 13.6. The van der Waals surface area contributed by atoms with Crippen molar-refractivity contribution in [1.29, 1.82) is 0 Å². The number of carbonyl (C=O) groups is 1. The van der Waals surface area contributed by atoms with E-state index >= 15 is 0 Å². The second-order valence-corrected chi connectivity index (χ2v) is 5.20. The Kier molecular flexibility index (Phi) is 4.24. The summed E-state index contributed by atoms with van der Waals surface area (Å²) >= 11 is 5.84. The van der Waals surface area contributed by atoms with Crippen LogP contribution in [0.2, 0.25) is 0 Å². The summed E-state index contributed by atoms with van der Waals surface area (Å²) in [6.45, 7) is 4.78. The third-order valence-electron chi connectivity index (χ3n) is 2.96. The number of halogens is 1. The molecule has 0 bridgehead atoms. The minimum Gasteiger partial charge on any atom is -0.345 e. The predicted molar refractivity (Wildman–Crippen MR) is 59.5 cm³/mol. The lowest BCUT2D eigenvalue weighted by molar-refractivity contribution is -0.134. The molecular formula is C11H20ClNO. The smallest absolute Gasteiger partial charge is 0.225 e. The van der Waals surface area contributed by atoms with Gasteiger partial charge in [0.1, 0.15) is 0 Å². The van der Waals surface area contributed by atoms with Crippen LogP contribution in [-0.2, 0) is 4.79 Å². The van der Waals surface area contributed by atoms with E-state index in [4.69, 9.17) is 11.6 Å². The molecule has 0 heterocycles. The maximum Gasteiger partial charge on any atom is 0.225 e. The first-order valence-electron chi connectivity index (χ1n) is 5.41. The van der Waals surface area contributed by atoms with Gasteiger partial charge in [-0.05, 0) is 32.1 Å². The molecule has 2 nitrogen and oxygen atoms in total. The molecule has 1 saturated carbocycles. The highest BCUT2D eigenvalue weighted by Gasteiger charge is 2.33. The highest BCUT2D eigenvalue weighted by molar-refractivity contribution is 6.20. The van der Waals surface area contributed by atoms with Crippen molar-refractivity contribution in [3.8, 4) is 0 Å². The zero-order valence-electron chi connectivity index (χ0n) is 9.29. The molecule has 0 aromatic carbocycles. The second-order valence-electron chi connectivity index (χ2n) is 4.46. The minimum atomic E-state index is 0.154. The third-order valence-corrected chi connectivity index (χ3v) is 3.18. The summed E-state index contributed by atoms with van der Waals surface area (Å²) in [5, 5.41) is 0.154. The topological polar surface area (TPSA) is 20.3 Å². The number of nitrogens with zero attached hydrogens (tertiary/aromatic N) is 1. The van der Waals surface area contributed by atoms with Crippen molar-refractivity contribution in [1.82, 2.24) is 4.90 Å². The fraction of sp³-hybridized carbons (Fsp3) is 0.909. The summed E-state index contributed by atoms with van der Waals surface area (Å²) in [5.41, 5.74) is 0. The highest BCUT2D eigenvalue weighted by atomic mass is 35.5. The molecule has 0 aromatic heterocycles. The summed E-state index contributed by atoms with van der Waals surface area (Å²) in [6, 6.07) is 0. The number of alkyl halides is 1. The molecule has 1 aliphatic carbocycles. The van der Waals surface area contributed by atoms with Crippen LogP contribution in [0.25, 0.3) is 0 Å². The Morgan fingerprint density at radius 2 is 2.07 bits per heavy atom. The van der Waals surface area contributed by atoms with Gasteiger partial charge in [-0.15, -0.1) is 11.6 Å². The van der Waals surface area contributed by atoms with E-state index in [-0.39, 0.29) is 17.2 Å². The number of hydrogen-bond acceptors (Lipinski definition) is 1. The molecule has 0 saturated heterocycles. The van der Waals surface area contributed by atoms with E-state index in [0.717, 1.165) is 13.0 Å². The summed E-state index contributed by atoms with van der Waals surface area (Å²) < 4.78 is 0. The quantitative estimate of drug-likeness (QED) is 0.648. The van der Waals surface area contributed by atoms with Crippen molar-refractivity contribution in [3.63, 3.8) is 0 Å². The second kappa shape index (κ2) is 5.01. The lowest BCUT2D eigenvalue weighted by Crippen LogP contribution is -2.34. The van der Waals surface area contributed by atoms with Gasteiger partial charge in [0, 0.05) is 24.9 Å². The first-order valence-corrected chi connectivity index (χ1v) is 5.85. The molecule has 0 N–H and O–H groups in total. The Balaban J connectivity index is 2.27. The molecule has 0 aliphatic heterocycles. The Morgan fingerprint density at radius 1 is 1.50 bits per heavy atom. The fourth-order valence-corrected chi connectivity index (χ4v) is 1.72. The Labute approximate surface area is 91.6 Å². The minimum absolute atomic E-state index is 0.154. The number of amides is 1. The average molecular weight is 218 g/mol. The molecule has 0 radical (unpaired) electrons. The van der Waals surface area contributed by atoms with Gasteiger partial charge in [0.25, 0.3) is 0 Å². The lowest BCUT2D eigenvalue weighted by atomic mass is 10.1. The fourth-order valence-electron chi connectivity index (χ4n) is 1.63. The molecule has 1 amide bonds. The van der Waals surface area contributed by atoms with Gasteiger partial charge in [0.15, 0.2) is 0 Å². The maximum absolute atomic E-state index is 11.8. The molecular weight excluding hydrogens is 198 g/mol. The number of carbonyl (C=O) groups excluding carboxylic acids is 1. The molecule has 2 atom stereocenters. The first-order chi connectivity index (χ1) is 6.52. The molecule has 0 spiro atoms. The van der Waals surface area contributed by atoms with Crippen LogP contribution in [0.4, 0.5) is 0 Å². The molecule has 82 valence electrons. The van der Waals surface area contributed by atoms with Crippen molar-refractivity contribution >= 4 is 17.5 Å². The van der Waals surface area contributed by atoms with Gasteiger partial charge >= 0.3 is 0 Å². The van der Waals surface area contributed by atoms with Gasteiger partial charge in [0.2, 0.25) is 5.91 Å². The SMILES string of the molecule is CC(Cl)CCN(C)C(=O)C(C)C1CC1.